The molecule has 0 unspecified atom stereocenters. The van der Waals surface area contributed by atoms with E-state index in [4.69, 9.17) is 34.3 Å². The van der Waals surface area contributed by atoms with Crippen molar-refractivity contribution < 1.29 is 4.42 Å². The fraction of sp³-hybridized carbons (Fsp3) is 0. The van der Waals surface area contributed by atoms with Crippen LogP contribution in [-0.2, 0) is 0 Å². The van der Waals surface area contributed by atoms with E-state index in [1.807, 2.05) is 79.6 Å². The van der Waals surface area contributed by atoms with Gasteiger partial charge in [0.2, 0.25) is 17.8 Å². The maximum absolute atomic E-state index is 6.19. The zero-order valence-electron chi connectivity index (χ0n) is 68.0. The van der Waals surface area contributed by atoms with Crippen molar-refractivity contribution in [2.45, 2.75) is 0 Å². The maximum atomic E-state index is 6.19. The summed E-state index contributed by atoms with van der Waals surface area (Å²) in [7, 11) is 0. The van der Waals surface area contributed by atoms with Crippen LogP contribution in [0.2, 0.25) is 0 Å². The van der Waals surface area contributed by atoms with E-state index >= 15 is 0 Å². The lowest BCUT2D eigenvalue weighted by atomic mass is 10.0. The van der Waals surface area contributed by atoms with Crippen LogP contribution in [0.4, 0.5) is 0 Å². The molecule has 17 aromatic carbocycles. The molecule has 0 amide bonds. The molecule has 0 aliphatic carbocycles. The fourth-order valence-corrected chi connectivity index (χ4v) is 18.9. The molecule has 26 aromatic rings. The number of para-hydroxylation sites is 7. The van der Waals surface area contributed by atoms with E-state index < -0.39 is 0 Å². The summed E-state index contributed by atoms with van der Waals surface area (Å²) in [5, 5.41) is 14.3. The molecular formula is C114H73N11O. The van der Waals surface area contributed by atoms with Crippen molar-refractivity contribution in [1.82, 2.24) is 52.7 Å². The fourth-order valence-electron chi connectivity index (χ4n) is 18.9. The van der Waals surface area contributed by atoms with Gasteiger partial charge in [-0.3, -0.25) is 13.7 Å². The van der Waals surface area contributed by atoms with E-state index in [2.05, 4.69) is 387 Å². The van der Waals surface area contributed by atoms with Crippen LogP contribution in [0.25, 0.3) is 227 Å². The first-order valence-corrected chi connectivity index (χ1v) is 42.3. The van der Waals surface area contributed by atoms with E-state index in [9.17, 15) is 0 Å². The minimum absolute atomic E-state index is 0.646. The van der Waals surface area contributed by atoms with Crippen molar-refractivity contribution >= 4 is 131 Å². The molecule has 590 valence electrons. The van der Waals surface area contributed by atoms with Gasteiger partial charge < -0.3 is 13.6 Å². The van der Waals surface area contributed by atoms with E-state index in [1.165, 1.54) is 98.5 Å². The third kappa shape index (κ3) is 12.3. The summed E-state index contributed by atoms with van der Waals surface area (Å²) in [5.41, 5.74) is 28.8. The Hall–Kier alpha value is -17.2. The van der Waals surface area contributed by atoms with Gasteiger partial charge in [0.15, 0.2) is 0 Å². The second kappa shape index (κ2) is 30.5. The molecule has 0 N–H and O–H groups in total. The topological polar surface area (TPSA) is 115 Å². The minimum atomic E-state index is 0.646. The van der Waals surface area contributed by atoms with Gasteiger partial charge in [0.1, 0.15) is 11.2 Å². The minimum Gasteiger partial charge on any atom is -0.456 e. The molecule has 9 heterocycles. The molecule has 0 bridgehead atoms. The summed E-state index contributed by atoms with van der Waals surface area (Å²) in [6.07, 6.45) is 11.5. The van der Waals surface area contributed by atoms with E-state index in [0.29, 0.717) is 17.8 Å². The van der Waals surface area contributed by atoms with Gasteiger partial charge in [-0.1, -0.05) is 309 Å². The Morgan fingerprint density at radius 2 is 0.365 bits per heavy atom. The van der Waals surface area contributed by atoms with Gasteiger partial charge in [0.05, 0.1) is 55.2 Å². The standard InChI is InChI=1S/2C40H26N4.C34H21N3O/c1-3-11-27(12-4-1)28-19-21-29(22-20-28)30-25-41-40(42-26-30)44-35-18-10-8-16-33(35)39-37(44)24-23-36-38(39)32-15-7-9-17-34(32)43(36)31-13-5-2-6-14-31;1-3-11-27(12-4-1)29-19-21-31(22-20-29)43-34-17-9-7-15-32(34)38-36(43)23-24-37-39(38)33-16-8-10-18-35(33)44(37)40-41-25-30(26-42-40)28-13-5-2-6-14-28;1-2-8-22(9-3-1)23-14-16-24(17-15-23)25-20-35-34(36-21-25)37-28-12-6-4-10-26(28)32-29(37)18-19-31-33(32)27-11-5-7-13-30(27)38-31/h2*1-26H;1-21H. The highest BCUT2D eigenvalue weighted by molar-refractivity contribution is 6.31. The molecule has 0 saturated heterocycles. The first-order chi connectivity index (χ1) is 62.5. The van der Waals surface area contributed by atoms with Crippen LogP contribution < -0.4 is 0 Å². The number of fused-ring (bicyclic) bond motifs is 21. The quantitative estimate of drug-likeness (QED) is 0.127. The SMILES string of the molecule is c1ccc(-c2ccc(-c3cnc(-n4c5ccccc5c5c6c(ccc54)oc4ccccc46)nc3)cc2)cc1.c1ccc(-c2ccc(-c3cnc(-n4c5ccccc5c5c6c7ccccc7n(-c7ccccc7)c6ccc54)nc3)cc2)cc1.c1ccc(-c2ccc(-n3c4ccccc4c4c5c6ccccc6n(-c6ncc(-c7ccccc7)cn6)c5ccc43)cc2)cc1. The number of rotatable bonds is 11. The van der Waals surface area contributed by atoms with Crippen LogP contribution in [0, 0.1) is 0 Å². The number of hydrogen-bond acceptors (Lipinski definition) is 7. The lowest BCUT2D eigenvalue weighted by Gasteiger charge is -2.10. The molecular weight excluding hydrogens is 1540 g/mol. The number of furan rings is 1. The van der Waals surface area contributed by atoms with Crippen molar-refractivity contribution in [3.8, 4) is 96.0 Å². The summed E-state index contributed by atoms with van der Waals surface area (Å²) in [5.74, 6) is 1.97. The first kappa shape index (κ1) is 72.8. The Balaban J connectivity index is 0.000000106. The highest BCUT2D eigenvalue weighted by atomic mass is 16.3. The Bertz CT molecular complexity index is 8450. The predicted octanol–water partition coefficient (Wildman–Crippen LogP) is 28.8. The molecule has 0 atom stereocenters. The van der Waals surface area contributed by atoms with E-state index in [1.54, 1.807) is 0 Å². The highest BCUT2D eigenvalue weighted by Crippen LogP contribution is 2.47. The third-order valence-corrected chi connectivity index (χ3v) is 24.6. The van der Waals surface area contributed by atoms with Crippen LogP contribution >= 0.6 is 0 Å². The highest BCUT2D eigenvalue weighted by Gasteiger charge is 2.26. The summed E-state index contributed by atoms with van der Waals surface area (Å²) in [6, 6.07) is 143. The average Bonchev–Trinajstić information content (AvgIpc) is 1.55. The molecule has 12 nitrogen and oxygen atoms in total. The Morgan fingerprint density at radius 1 is 0.143 bits per heavy atom. The maximum Gasteiger partial charge on any atom is 0.234 e. The summed E-state index contributed by atoms with van der Waals surface area (Å²) >= 11 is 0. The van der Waals surface area contributed by atoms with Crippen molar-refractivity contribution in [3.05, 3.63) is 444 Å². The van der Waals surface area contributed by atoms with Gasteiger partial charge in [-0.05, 0) is 147 Å². The van der Waals surface area contributed by atoms with Crippen molar-refractivity contribution in [1.29, 1.82) is 0 Å². The lowest BCUT2D eigenvalue weighted by Crippen LogP contribution is -2.00. The number of aromatic nitrogens is 11. The Labute approximate surface area is 723 Å². The molecule has 0 spiro atoms. The van der Waals surface area contributed by atoms with Gasteiger partial charge in [-0.15, -0.1) is 0 Å². The van der Waals surface area contributed by atoms with E-state index in [-0.39, 0.29) is 0 Å². The molecule has 0 saturated carbocycles. The molecule has 0 aliphatic heterocycles. The summed E-state index contributed by atoms with van der Waals surface area (Å²) < 4.78 is 17.5. The van der Waals surface area contributed by atoms with Crippen LogP contribution in [0.5, 0.6) is 0 Å². The van der Waals surface area contributed by atoms with Gasteiger partial charge in [0, 0.05) is 130 Å². The molecule has 9 aromatic heterocycles. The van der Waals surface area contributed by atoms with Crippen molar-refractivity contribution in [2.75, 3.05) is 0 Å². The molecule has 0 fully saturated rings. The molecule has 12 heteroatoms. The van der Waals surface area contributed by atoms with Gasteiger partial charge >= 0.3 is 0 Å². The normalized spacial score (nSPS) is 11.7. The van der Waals surface area contributed by atoms with Gasteiger partial charge in [-0.25, -0.2) is 29.9 Å². The van der Waals surface area contributed by atoms with Gasteiger partial charge in [-0.2, -0.15) is 0 Å². The monoisotopic (exact) mass is 1610 g/mol. The molecule has 126 heavy (non-hydrogen) atoms. The van der Waals surface area contributed by atoms with Crippen molar-refractivity contribution in [2.24, 2.45) is 0 Å². The average molecular weight is 1610 g/mol. The lowest BCUT2D eigenvalue weighted by molar-refractivity contribution is 0.669. The zero-order chi connectivity index (χ0) is 83.1. The largest absolute Gasteiger partial charge is 0.456 e. The van der Waals surface area contributed by atoms with Crippen LogP contribution in [0.3, 0.4) is 0 Å². The van der Waals surface area contributed by atoms with Crippen LogP contribution in [0.15, 0.2) is 448 Å². The second-order valence-electron chi connectivity index (χ2n) is 31.7. The molecule has 26 rings (SSSR count). The summed E-state index contributed by atoms with van der Waals surface area (Å²) in [6.45, 7) is 0. The van der Waals surface area contributed by atoms with Crippen LogP contribution in [-0.4, -0.2) is 52.7 Å². The summed E-state index contributed by atoms with van der Waals surface area (Å²) in [4.78, 5) is 29.3. The zero-order valence-corrected chi connectivity index (χ0v) is 68.0. The first-order valence-electron chi connectivity index (χ1n) is 42.3. The number of nitrogens with zero attached hydrogens (tertiary/aromatic N) is 11. The molecule has 0 aliphatic rings. The smallest absolute Gasteiger partial charge is 0.234 e. The third-order valence-electron chi connectivity index (χ3n) is 24.6. The van der Waals surface area contributed by atoms with E-state index in [0.717, 1.165) is 111 Å². The Morgan fingerprint density at radius 3 is 0.698 bits per heavy atom. The number of hydrogen-bond donors (Lipinski definition) is 0. The van der Waals surface area contributed by atoms with Crippen molar-refractivity contribution in [3.63, 3.8) is 0 Å². The van der Waals surface area contributed by atoms with Crippen LogP contribution in [0.1, 0.15) is 0 Å². The Kier molecular flexibility index (Phi) is 17.6. The van der Waals surface area contributed by atoms with Gasteiger partial charge in [0.25, 0.3) is 0 Å². The number of benzene rings is 17. The molecule has 0 radical (unpaired) electrons. The predicted molar refractivity (Wildman–Crippen MR) is 518 cm³/mol. The second-order valence-corrected chi connectivity index (χ2v) is 31.7.